The van der Waals surface area contributed by atoms with Crippen molar-refractivity contribution in [2.45, 2.75) is 12.5 Å². The molecular formula is C22H26N2O4S. The average Bonchev–Trinajstić information content (AvgIpc) is 3.30. The van der Waals surface area contributed by atoms with Gasteiger partial charge >= 0.3 is 0 Å². The molecule has 3 rings (SSSR count). The number of ether oxygens (including phenoxy) is 3. The Morgan fingerprint density at radius 1 is 1.07 bits per heavy atom. The monoisotopic (exact) mass is 414 g/mol. The highest BCUT2D eigenvalue weighted by Crippen LogP contribution is 2.27. The summed E-state index contributed by atoms with van der Waals surface area (Å²) in [4.78, 5) is 4.29. The third-order valence-corrected chi connectivity index (χ3v) is 5.22. The zero-order valence-corrected chi connectivity index (χ0v) is 17.4. The largest absolute Gasteiger partial charge is 0.493 e. The van der Waals surface area contributed by atoms with Crippen LogP contribution in [0.4, 0.5) is 0 Å². The molecule has 1 unspecified atom stereocenters. The molecule has 0 saturated carbocycles. The highest BCUT2D eigenvalue weighted by Gasteiger charge is 2.07. The molecule has 154 valence electrons. The smallest absolute Gasteiger partial charge is 0.160 e. The van der Waals surface area contributed by atoms with Crippen LogP contribution in [0.3, 0.4) is 0 Å². The summed E-state index contributed by atoms with van der Waals surface area (Å²) < 4.78 is 16.2. The van der Waals surface area contributed by atoms with Crippen molar-refractivity contribution in [3.05, 3.63) is 59.6 Å². The Balaban J connectivity index is 1.36. The number of nitrogens with one attached hydrogen (secondary N) is 1. The maximum atomic E-state index is 10.1. The van der Waals surface area contributed by atoms with Gasteiger partial charge in [-0.05, 0) is 54.9 Å². The number of thiazole rings is 1. The summed E-state index contributed by atoms with van der Waals surface area (Å²) in [5.41, 5.74) is 2.20. The van der Waals surface area contributed by atoms with Gasteiger partial charge in [-0.25, -0.2) is 4.98 Å². The molecule has 6 nitrogen and oxygen atoms in total. The summed E-state index contributed by atoms with van der Waals surface area (Å²) in [6.45, 7) is 1.44. The molecule has 3 aromatic rings. The summed E-state index contributed by atoms with van der Waals surface area (Å²) in [7, 11) is 3.25. The van der Waals surface area contributed by atoms with Crippen LogP contribution in [0, 0.1) is 0 Å². The number of aromatic nitrogens is 1. The second-order valence-electron chi connectivity index (χ2n) is 6.47. The minimum absolute atomic E-state index is 0.236. The highest BCUT2D eigenvalue weighted by atomic mass is 32.1. The zero-order chi connectivity index (χ0) is 20.5. The number of hydrogen-bond donors (Lipinski definition) is 2. The second kappa shape index (κ2) is 10.8. The van der Waals surface area contributed by atoms with Crippen LogP contribution in [0.15, 0.2) is 54.0 Å². The number of hydrogen-bond acceptors (Lipinski definition) is 7. The molecule has 0 saturated heterocycles. The molecule has 0 amide bonds. The molecule has 0 aliphatic rings. The molecule has 0 aliphatic heterocycles. The van der Waals surface area contributed by atoms with Gasteiger partial charge < -0.3 is 24.6 Å². The number of aliphatic hydroxyl groups is 1. The third-order valence-electron chi connectivity index (χ3n) is 4.39. The van der Waals surface area contributed by atoms with Gasteiger partial charge in [-0.3, -0.25) is 0 Å². The van der Waals surface area contributed by atoms with Gasteiger partial charge in [0.05, 0.1) is 14.2 Å². The van der Waals surface area contributed by atoms with E-state index >= 15 is 0 Å². The molecule has 0 radical (unpaired) electrons. The number of methoxy groups -OCH3 is 2. The zero-order valence-electron chi connectivity index (χ0n) is 16.6. The minimum atomic E-state index is -0.584. The van der Waals surface area contributed by atoms with Crippen LogP contribution in [0.1, 0.15) is 5.56 Å². The topological polar surface area (TPSA) is 72.8 Å². The Morgan fingerprint density at radius 3 is 2.55 bits per heavy atom. The molecule has 0 spiro atoms. The van der Waals surface area contributed by atoms with E-state index in [9.17, 15) is 5.11 Å². The van der Waals surface area contributed by atoms with Crippen molar-refractivity contribution in [3.63, 3.8) is 0 Å². The van der Waals surface area contributed by atoms with Crippen molar-refractivity contribution < 1.29 is 19.3 Å². The normalized spacial score (nSPS) is 11.8. The van der Waals surface area contributed by atoms with E-state index < -0.39 is 6.10 Å². The van der Waals surface area contributed by atoms with Gasteiger partial charge in [0.25, 0.3) is 0 Å². The minimum Gasteiger partial charge on any atom is -0.493 e. The van der Waals surface area contributed by atoms with Gasteiger partial charge in [0.1, 0.15) is 23.5 Å². The lowest BCUT2D eigenvalue weighted by Crippen LogP contribution is -2.32. The molecule has 2 N–H and O–H groups in total. The molecule has 0 fully saturated rings. The fourth-order valence-corrected chi connectivity index (χ4v) is 3.49. The van der Waals surface area contributed by atoms with Gasteiger partial charge in [-0.2, -0.15) is 0 Å². The SMILES string of the molecule is COc1ccc(CCNCC(O)COc2ccc(-c3nccs3)cc2)cc1OC. The number of aliphatic hydroxyl groups excluding tert-OH is 1. The molecule has 0 aliphatic carbocycles. The average molecular weight is 415 g/mol. The standard InChI is InChI=1S/C22H26N2O4S/c1-26-20-8-3-16(13-21(20)27-2)9-10-23-14-18(25)15-28-19-6-4-17(5-7-19)22-24-11-12-29-22/h3-8,11-13,18,23,25H,9-10,14-15H2,1-2H3. The van der Waals surface area contributed by atoms with E-state index in [-0.39, 0.29) is 6.61 Å². The lowest BCUT2D eigenvalue weighted by molar-refractivity contribution is 0.106. The maximum Gasteiger partial charge on any atom is 0.160 e. The van der Waals surface area contributed by atoms with E-state index in [1.807, 2.05) is 47.8 Å². The molecule has 1 atom stereocenters. The van der Waals surface area contributed by atoms with Crippen molar-refractivity contribution in [2.24, 2.45) is 0 Å². The van der Waals surface area contributed by atoms with Gasteiger partial charge in [0.15, 0.2) is 11.5 Å². The van der Waals surface area contributed by atoms with Gasteiger partial charge in [0.2, 0.25) is 0 Å². The van der Waals surface area contributed by atoms with E-state index in [0.29, 0.717) is 6.54 Å². The third kappa shape index (κ3) is 6.19. The Kier molecular flexibility index (Phi) is 7.86. The Bertz CT molecular complexity index is 869. The van der Waals surface area contributed by atoms with E-state index in [4.69, 9.17) is 14.2 Å². The summed E-state index contributed by atoms with van der Waals surface area (Å²) in [5.74, 6) is 2.17. The van der Waals surface area contributed by atoms with Crippen LogP contribution in [-0.4, -0.2) is 50.1 Å². The van der Waals surface area contributed by atoms with Crippen molar-refractivity contribution in [1.82, 2.24) is 10.3 Å². The molecule has 1 heterocycles. The van der Waals surface area contributed by atoms with Crippen LogP contribution in [-0.2, 0) is 6.42 Å². The molecular weight excluding hydrogens is 388 g/mol. The molecule has 0 bridgehead atoms. The maximum absolute atomic E-state index is 10.1. The Morgan fingerprint density at radius 2 is 1.86 bits per heavy atom. The lowest BCUT2D eigenvalue weighted by Gasteiger charge is -2.14. The fraction of sp³-hybridized carbons (Fsp3) is 0.318. The van der Waals surface area contributed by atoms with Crippen LogP contribution >= 0.6 is 11.3 Å². The van der Waals surface area contributed by atoms with Crippen LogP contribution < -0.4 is 19.5 Å². The predicted molar refractivity (Wildman–Crippen MR) is 115 cm³/mol. The molecule has 29 heavy (non-hydrogen) atoms. The Labute approximate surface area is 175 Å². The first kappa shape index (κ1) is 21.1. The number of benzene rings is 2. The second-order valence-corrected chi connectivity index (χ2v) is 7.36. The van der Waals surface area contributed by atoms with Crippen LogP contribution in [0.5, 0.6) is 17.2 Å². The summed E-state index contributed by atoms with van der Waals surface area (Å²) in [6, 6.07) is 13.6. The van der Waals surface area contributed by atoms with E-state index in [0.717, 1.165) is 46.3 Å². The van der Waals surface area contributed by atoms with Crippen molar-refractivity contribution in [1.29, 1.82) is 0 Å². The predicted octanol–water partition coefficient (Wildman–Crippen LogP) is 3.40. The van der Waals surface area contributed by atoms with Gasteiger partial charge in [-0.1, -0.05) is 6.07 Å². The van der Waals surface area contributed by atoms with Crippen molar-refractivity contribution in [2.75, 3.05) is 33.9 Å². The van der Waals surface area contributed by atoms with Gasteiger partial charge in [0, 0.05) is 23.7 Å². The molecule has 1 aromatic heterocycles. The van der Waals surface area contributed by atoms with E-state index in [1.54, 1.807) is 31.8 Å². The lowest BCUT2D eigenvalue weighted by atomic mass is 10.1. The highest BCUT2D eigenvalue weighted by molar-refractivity contribution is 7.13. The van der Waals surface area contributed by atoms with Gasteiger partial charge in [-0.15, -0.1) is 11.3 Å². The summed E-state index contributed by atoms with van der Waals surface area (Å²) in [6.07, 6.45) is 2.03. The van der Waals surface area contributed by atoms with E-state index in [2.05, 4.69) is 10.3 Å². The fourth-order valence-electron chi connectivity index (χ4n) is 2.85. The number of rotatable bonds is 11. The Hall–Kier alpha value is -2.61. The molecule has 2 aromatic carbocycles. The van der Waals surface area contributed by atoms with Crippen LogP contribution in [0.25, 0.3) is 10.6 Å². The first-order valence-electron chi connectivity index (χ1n) is 9.42. The van der Waals surface area contributed by atoms with Crippen molar-refractivity contribution >= 4 is 11.3 Å². The number of nitrogens with zero attached hydrogens (tertiary/aromatic N) is 1. The van der Waals surface area contributed by atoms with Crippen LogP contribution in [0.2, 0.25) is 0 Å². The summed E-state index contributed by atoms with van der Waals surface area (Å²) in [5, 5.41) is 16.3. The first-order chi connectivity index (χ1) is 14.2. The summed E-state index contributed by atoms with van der Waals surface area (Å²) >= 11 is 1.60. The quantitative estimate of drug-likeness (QED) is 0.469. The van der Waals surface area contributed by atoms with Crippen molar-refractivity contribution in [3.8, 4) is 27.8 Å². The first-order valence-corrected chi connectivity index (χ1v) is 10.3. The molecule has 7 heteroatoms. The van der Waals surface area contributed by atoms with E-state index in [1.165, 1.54) is 0 Å².